The van der Waals surface area contributed by atoms with Crippen LogP contribution in [-0.4, -0.2) is 49.4 Å². The van der Waals surface area contributed by atoms with E-state index in [1.54, 1.807) is 0 Å². The summed E-state index contributed by atoms with van der Waals surface area (Å²) in [5, 5.41) is 8.12. The topological polar surface area (TPSA) is 114 Å². The third-order valence-electron chi connectivity index (χ3n) is 6.89. The summed E-state index contributed by atoms with van der Waals surface area (Å²) in [7, 11) is 0. The lowest BCUT2D eigenvalue weighted by Crippen LogP contribution is -2.51. The van der Waals surface area contributed by atoms with Gasteiger partial charge in [-0.1, -0.05) is 52.9 Å². The average Bonchev–Trinajstić information content (AvgIpc) is 3.19. The molecule has 3 amide bonds. The highest BCUT2D eigenvalue weighted by Crippen LogP contribution is 2.32. The first-order valence-corrected chi connectivity index (χ1v) is 12.8. The number of rotatable bonds is 13. The molecular weight excluding hydrogens is 422 g/mol. The van der Waals surface area contributed by atoms with Gasteiger partial charge in [0.05, 0.1) is 12.6 Å². The van der Waals surface area contributed by atoms with E-state index in [-0.39, 0.29) is 24.2 Å². The molecule has 2 rings (SSSR count). The molecule has 0 bridgehead atoms. The molecule has 1 aliphatic heterocycles. The molecule has 0 radical (unpaired) electrons. The van der Waals surface area contributed by atoms with E-state index in [4.69, 9.17) is 4.74 Å². The van der Waals surface area contributed by atoms with Crippen LogP contribution in [0.2, 0.25) is 0 Å². The van der Waals surface area contributed by atoms with Gasteiger partial charge in [0.25, 0.3) is 0 Å². The van der Waals surface area contributed by atoms with Crippen LogP contribution in [0.4, 0.5) is 4.79 Å². The fraction of sp³-hybridized carbons (Fsp3) is 0.840. The molecule has 8 nitrogen and oxygen atoms in total. The van der Waals surface area contributed by atoms with Crippen molar-refractivity contribution in [3.05, 3.63) is 0 Å². The smallest absolute Gasteiger partial charge is 0.407 e. The molecule has 0 spiro atoms. The van der Waals surface area contributed by atoms with E-state index in [0.29, 0.717) is 38.2 Å². The van der Waals surface area contributed by atoms with Crippen LogP contribution >= 0.6 is 0 Å². The van der Waals surface area contributed by atoms with Gasteiger partial charge in [-0.3, -0.25) is 9.59 Å². The van der Waals surface area contributed by atoms with Crippen molar-refractivity contribution >= 4 is 24.2 Å². The Morgan fingerprint density at radius 3 is 2.39 bits per heavy atom. The summed E-state index contributed by atoms with van der Waals surface area (Å²) in [6.45, 7) is 7.11. The van der Waals surface area contributed by atoms with Crippen LogP contribution in [0.3, 0.4) is 0 Å². The van der Waals surface area contributed by atoms with Gasteiger partial charge in [-0.05, 0) is 49.9 Å². The second kappa shape index (κ2) is 14.2. The number of carbonyl (C=O) groups is 4. The fourth-order valence-corrected chi connectivity index (χ4v) is 4.87. The first kappa shape index (κ1) is 27.1. The minimum absolute atomic E-state index is 0.0871. The van der Waals surface area contributed by atoms with Crippen molar-refractivity contribution in [2.24, 2.45) is 23.7 Å². The lowest BCUT2D eigenvalue weighted by atomic mass is 9.80. The van der Waals surface area contributed by atoms with Gasteiger partial charge >= 0.3 is 6.09 Å². The Morgan fingerprint density at radius 2 is 1.82 bits per heavy atom. The van der Waals surface area contributed by atoms with Crippen molar-refractivity contribution in [3.8, 4) is 0 Å². The molecule has 1 heterocycles. The van der Waals surface area contributed by atoms with Gasteiger partial charge in [0.1, 0.15) is 12.3 Å². The largest absolute Gasteiger partial charge is 0.449 e. The molecule has 188 valence electrons. The highest BCUT2D eigenvalue weighted by molar-refractivity contribution is 5.88. The van der Waals surface area contributed by atoms with E-state index >= 15 is 0 Å². The number of amides is 3. The molecule has 1 aliphatic carbocycles. The van der Waals surface area contributed by atoms with Crippen LogP contribution in [0.25, 0.3) is 0 Å². The number of alkyl carbamates (subject to hydrolysis) is 1. The standard InChI is InChI=1S/C25H43N3O5/c1-4-5-6-18-7-9-19(10-8-18)16-33-25(32)28-22(13-17(2)3)24(31)27-21(15-29)14-20-11-12-26-23(20)30/h15,17-22H,4-14,16H2,1-3H3,(H,26,30)(H,27,31)(H,28,32)/t18?,19?,20-,21-,22-/m0/s1. The average molecular weight is 466 g/mol. The third kappa shape index (κ3) is 9.72. The van der Waals surface area contributed by atoms with Crippen molar-refractivity contribution in [2.45, 2.75) is 97.1 Å². The van der Waals surface area contributed by atoms with Crippen molar-refractivity contribution in [3.63, 3.8) is 0 Å². The molecule has 0 aromatic carbocycles. The molecule has 33 heavy (non-hydrogen) atoms. The quantitative estimate of drug-likeness (QED) is 0.361. The number of carbonyl (C=O) groups excluding carboxylic acids is 4. The molecular formula is C25H43N3O5. The van der Waals surface area contributed by atoms with E-state index in [0.717, 1.165) is 18.8 Å². The van der Waals surface area contributed by atoms with Crippen LogP contribution < -0.4 is 16.0 Å². The van der Waals surface area contributed by atoms with Crippen molar-refractivity contribution < 1.29 is 23.9 Å². The maximum Gasteiger partial charge on any atom is 0.407 e. The second-order valence-corrected chi connectivity index (χ2v) is 10.2. The lowest BCUT2D eigenvalue weighted by Gasteiger charge is -2.28. The zero-order valence-corrected chi connectivity index (χ0v) is 20.6. The van der Waals surface area contributed by atoms with Gasteiger partial charge in [0.2, 0.25) is 11.8 Å². The normalized spacial score (nSPS) is 24.6. The van der Waals surface area contributed by atoms with Crippen LogP contribution in [0.15, 0.2) is 0 Å². The highest BCUT2D eigenvalue weighted by atomic mass is 16.5. The Kier molecular flexibility index (Phi) is 11.7. The molecule has 0 unspecified atom stereocenters. The zero-order chi connectivity index (χ0) is 24.2. The molecule has 0 aromatic rings. The predicted octanol–water partition coefficient (Wildman–Crippen LogP) is 3.33. The molecule has 1 saturated heterocycles. The van der Waals surface area contributed by atoms with Gasteiger partial charge in [-0.25, -0.2) is 4.79 Å². The van der Waals surface area contributed by atoms with Crippen molar-refractivity contribution in [2.75, 3.05) is 13.2 Å². The van der Waals surface area contributed by atoms with Crippen LogP contribution in [0, 0.1) is 23.7 Å². The summed E-state index contributed by atoms with van der Waals surface area (Å²) in [6, 6.07) is -1.55. The van der Waals surface area contributed by atoms with Crippen molar-refractivity contribution in [1.29, 1.82) is 0 Å². The summed E-state index contributed by atoms with van der Waals surface area (Å²) in [5.74, 6) is 0.551. The summed E-state index contributed by atoms with van der Waals surface area (Å²) in [6.07, 6.45) is 9.76. The Balaban J connectivity index is 1.79. The van der Waals surface area contributed by atoms with E-state index in [1.807, 2.05) is 13.8 Å². The minimum atomic E-state index is -0.790. The number of hydrogen-bond acceptors (Lipinski definition) is 5. The van der Waals surface area contributed by atoms with Gasteiger partial charge in [0.15, 0.2) is 0 Å². The SMILES string of the molecule is CCCCC1CCC(COC(=O)N[C@@H](CC(C)C)C(=O)N[C@H](C=O)C[C@@H]2CCNC2=O)CC1. The summed E-state index contributed by atoms with van der Waals surface area (Å²) >= 11 is 0. The maximum absolute atomic E-state index is 12.8. The molecule has 1 saturated carbocycles. The minimum Gasteiger partial charge on any atom is -0.449 e. The van der Waals surface area contributed by atoms with Crippen LogP contribution in [-0.2, 0) is 19.1 Å². The summed E-state index contributed by atoms with van der Waals surface area (Å²) in [5.41, 5.74) is 0. The summed E-state index contributed by atoms with van der Waals surface area (Å²) in [4.78, 5) is 48.5. The third-order valence-corrected chi connectivity index (χ3v) is 6.89. The maximum atomic E-state index is 12.8. The predicted molar refractivity (Wildman–Crippen MR) is 126 cm³/mol. The monoisotopic (exact) mass is 465 g/mol. The second-order valence-electron chi connectivity index (χ2n) is 10.2. The van der Waals surface area contributed by atoms with E-state index in [9.17, 15) is 19.2 Å². The molecule has 2 fully saturated rings. The van der Waals surface area contributed by atoms with E-state index in [2.05, 4.69) is 22.9 Å². The number of unbranched alkanes of at least 4 members (excludes halogenated alkanes) is 1. The van der Waals surface area contributed by atoms with Crippen LogP contribution in [0.1, 0.15) is 85.0 Å². The number of hydrogen-bond donors (Lipinski definition) is 3. The van der Waals surface area contributed by atoms with Crippen LogP contribution in [0.5, 0.6) is 0 Å². The Labute approximate surface area is 198 Å². The zero-order valence-electron chi connectivity index (χ0n) is 20.6. The first-order valence-electron chi connectivity index (χ1n) is 12.8. The first-order chi connectivity index (χ1) is 15.8. The van der Waals surface area contributed by atoms with Gasteiger partial charge in [0, 0.05) is 12.5 Å². The van der Waals surface area contributed by atoms with E-state index < -0.39 is 24.1 Å². The summed E-state index contributed by atoms with van der Waals surface area (Å²) < 4.78 is 5.46. The van der Waals surface area contributed by atoms with Gasteiger partial charge in [-0.15, -0.1) is 0 Å². The number of nitrogens with one attached hydrogen (secondary N) is 3. The Bertz CT molecular complexity index is 646. The van der Waals surface area contributed by atoms with Gasteiger partial charge in [-0.2, -0.15) is 0 Å². The van der Waals surface area contributed by atoms with Gasteiger partial charge < -0.3 is 25.5 Å². The molecule has 2 aliphatic rings. The lowest BCUT2D eigenvalue weighted by molar-refractivity contribution is -0.127. The van der Waals surface area contributed by atoms with Crippen molar-refractivity contribution in [1.82, 2.24) is 16.0 Å². The highest BCUT2D eigenvalue weighted by Gasteiger charge is 2.30. The number of aldehydes is 1. The fourth-order valence-electron chi connectivity index (χ4n) is 4.87. The number of ether oxygens (including phenoxy) is 1. The molecule has 0 aromatic heterocycles. The molecule has 8 heteroatoms. The molecule has 3 N–H and O–H groups in total. The Morgan fingerprint density at radius 1 is 1.12 bits per heavy atom. The Hall–Kier alpha value is -2.12. The van der Waals surface area contributed by atoms with E-state index in [1.165, 1.54) is 32.1 Å². The molecule has 3 atom stereocenters.